The van der Waals surface area contributed by atoms with Crippen LogP contribution in [0.15, 0.2) is 18.2 Å². The topological polar surface area (TPSA) is 49.4 Å². The molecule has 1 N–H and O–H groups in total. The number of nitrogens with one attached hydrogen (secondary N) is 1. The Hall–Kier alpha value is -1.62. The van der Waals surface area contributed by atoms with Crippen LogP contribution in [0.5, 0.6) is 0 Å². The lowest BCUT2D eigenvalue weighted by molar-refractivity contribution is -0.134. The number of carbonyl (C=O) groups is 2. The Morgan fingerprint density at radius 2 is 2.00 bits per heavy atom. The van der Waals surface area contributed by atoms with Crippen molar-refractivity contribution in [3.8, 4) is 0 Å². The number of piperazine rings is 1. The summed E-state index contributed by atoms with van der Waals surface area (Å²) in [6.45, 7) is 3.56. The third-order valence-corrected chi connectivity index (χ3v) is 3.74. The Labute approximate surface area is 121 Å². The fourth-order valence-electron chi connectivity index (χ4n) is 2.40. The zero-order valence-corrected chi connectivity index (χ0v) is 12.1. The van der Waals surface area contributed by atoms with Gasteiger partial charge < -0.3 is 5.32 Å². The van der Waals surface area contributed by atoms with Gasteiger partial charge in [0.2, 0.25) is 11.8 Å². The Morgan fingerprint density at radius 3 is 2.55 bits per heavy atom. The van der Waals surface area contributed by atoms with E-state index in [2.05, 4.69) is 5.32 Å². The molecule has 108 valence electrons. The number of carbonyl (C=O) groups excluding carboxylic acids is 2. The number of para-hydroxylation sites is 1. The van der Waals surface area contributed by atoms with Crippen molar-refractivity contribution in [3.05, 3.63) is 29.0 Å². The third kappa shape index (κ3) is 2.38. The number of halogens is 2. The first-order chi connectivity index (χ1) is 9.51. The number of anilines is 1. The number of hydrogen-bond donors (Lipinski definition) is 1. The van der Waals surface area contributed by atoms with Crippen LogP contribution in [0.2, 0.25) is 5.02 Å². The fourth-order valence-corrected chi connectivity index (χ4v) is 2.65. The number of rotatable bonds is 3. The summed E-state index contributed by atoms with van der Waals surface area (Å²) < 4.78 is 14.1. The van der Waals surface area contributed by atoms with Crippen molar-refractivity contribution in [3.63, 3.8) is 0 Å². The number of nitrogens with zero attached hydrogens (tertiary/aromatic N) is 1. The lowest BCUT2D eigenvalue weighted by Crippen LogP contribution is -2.63. The highest BCUT2D eigenvalue weighted by Crippen LogP contribution is 2.33. The summed E-state index contributed by atoms with van der Waals surface area (Å²) in [4.78, 5) is 25.7. The van der Waals surface area contributed by atoms with Crippen LogP contribution in [0.4, 0.5) is 10.1 Å². The molecule has 1 saturated heterocycles. The quantitative estimate of drug-likeness (QED) is 0.932. The molecule has 4 nitrogen and oxygen atoms in total. The van der Waals surface area contributed by atoms with Gasteiger partial charge in [0, 0.05) is 0 Å². The van der Waals surface area contributed by atoms with E-state index in [9.17, 15) is 14.0 Å². The van der Waals surface area contributed by atoms with E-state index in [1.807, 2.05) is 0 Å². The summed E-state index contributed by atoms with van der Waals surface area (Å²) in [6, 6.07) is 2.83. The average molecular weight is 299 g/mol. The molecule has 0 saturated carbocycles. The van der Waals surface area contributed by atoms with E-state index in [4.69, 9.17) is 11.6 Å². The highest BCUT2D eigenvalue weighted by Gasteiger charge is 2.41. The number of benzene rings is 1. The van der Waals surface area contributed by atoms with Gasteiger partial charge in [-0.1, -0.05) is 31.5 Å². The van der Waals surface area contributed by atoms with Gasteiger partial charge in [-0.15, -0.1) is 0 Å². The Kier molecular flexibility index (Phi) is 4.28. The van der Waals surface area contributed by atoms with Crippen molar-refractivity contribution in [2.75, 3.05) is 4.90 Å². The first-order valence-electron chi connectivity index (χ1n) is 6.58. The third-order valence-electron chi connectivity index (χ3n) is 3.44. The van der Waals surface area contributed by atoms with Gasteiger partial charge in [0.15, 0.2) is 0 Å². The maximum Gasteiger partial charge on any atom is 0.250 e. The molecule has 0 bridgehead atoms. The number of amides is 2. The Bertz CT molecular complexity index is 530. The van der Waals surface area contributed by atoms with E-state index in [0.717, 1.165) is 0 Å². The predicted octanol–water partition coefficient (Wildman–Crippen LogP) is 2.50. The zero-order valence-electron chi connectivity index (χ0n) is 11.3. The Balaban J connectivity index is 2.54. The van der Waals surface area contributed by atoms with Crippen LogP contribution < -0.4 is 10.2 Å². The van der Waals surface area contributed by atoms with E-state index in [1.165, 1.54) is 23.1 Å². The van der Waals surface area contributed by atoms with Crippen molar-refractivity contribution in [2.45, 2.75) is 38.8 Å². The summed E-state index contributed by atoms with van der Waals surface area (Å²) in [6.07, 6.45) is 0.836. The van der Waals surface area contributed by atoms with Gasteiger partial charge in [-0.25, -0.2) is 4.39 Å². The normalized spacial score (nSPS) is 22.9. The smallest absolute Gasteiger partial charge is 0.250 e. The van der Waals surface area contributed by atoms with Crippen LogP contribution >= 0.6 is 11.6 Å². The van der Waals surface area contributed by atoms with Crippen LogP contribution in [-0.4, -0.2) is 23.9 Å². The standard InChI is InChI=1S/C14H16ClFN2O2/c1-3-10-14(20)18(11(4-2)13(19)17-10)12-8(15)6-5-7-9(12)16/h5-7,10-11H,3-4H2,1-2H3,(H,17,19). The van der Waals surface area contributed by atoms with E-state index < -0.39 is 17.9 Å². The summed E-state index contributed by atoms with van der Waals surface area (Å²) in [5.74, 6) is -1.21. The molecule has 0 spiro atoms. The monoisotopic (exact) mass is 298 g/mol. The van der Waals surface area contributed by atoms with E-state index in [1.54, 1.807) is 13.8 Å². The lowest BCUT2D eigenvalue weighted by atomic mass is 10.0. The van der Waals surface area contributed by atoms with Gasteiger partial charge in [0.25, 0.3) is 0 Å². The first-order valence-corrected chi connectivity index (χ1v) is 6.96. The highest BCUT2D eigenvalue weighted by molar-refractivity contribution is 6.34. The predicted molar refractivity (Wildman–Crippen MR) is 75.2 cm³/mol. The van der Waals surface area contributed by atoms with Crippen LogP contribution in [0.1, 0.15) is 26.7 Å². The molecular formula is C14H16ClFN2O2. The molecule has 1 aliphatic rings. The van der Waals surface area contributed by atoms with E-state index in [-0.39, 0.29) is 22.5 Å². The van der Waals surface area contributed by atoms with Gasteiger partial charge >= 0.3 is 0 Å². The number of hydrogen-bond acceptors (Lipinski definition) is 2. The van der Waals surface area contributed by atoms with Gasteiger partial charge in [-0.05, 0) is 25.0 Å². The summed E-state index contributed by atoms with van der Waals surface area (Å²) in [7, 11) is 0. The molecule has 1 aliphatic heterocycles. The lowest BCUT2D eigenvalue weighted by Gasteiger charge is -2.38. The van der Waals surface area contributed by atoms with Crippen molar-refractivity contribution in [1.82, 2.24) is 5.32 Å². The van der Waals surface area contributed by atoms with Gasteiger partial charge in [0.05, 0.1) is 10.7 Å². The second kappa shape index (κ2) is 5.79. The minimum absolute atomic E-state index is 0.0145. The second-order valence-electron chi connectivity index (χ2n) is 4.67. The molecular weight excluding hydrogens is 283 g/mol. The molecule has 2 rings (SSSR count). The molecule has 2 amide bonds. The van der Waals surface area contributed by atoms with Crippen molar-refractivity contribution < 1.29 is 14.0 Å². The molecule has 2 unspecified atom stereocenters. The molecule has 2 atom stereocenters. The molecule has 0 aromatic heterocycles. The maximum absolute atomic E-state index is 14.1. The largest absolute Gasteiger partial charge is 0.342 e. The van der Waals surface area contributed by atoms with Crippen molar-refractivity contribution in [1.29, 1.82) is 0 Å². The van der Waals surface area contributed by atoms with E-state index >= 15 is 0 Å². The van der Waals surface area contributed by atoms with Crippen molar-refractivity contribution in [2.24, 2.45) is 0 Å². The van der Waals surface area contributed by atoms with Crippen LogP contribution in [-0.2, 0) is 9.59 Å². The van der Waals surface area contributed by atoms with Gasteiger partial charge in [-0.2, -0.15) is 0 Å². The Morgan fingerprint density at radius 1 is 1.30 bits per heavy atom. The fraction of sp³-hybridized carbons (Fsp3) is 0.429. The molecule has 1 heterocycles. The molecule has 1 fully saturated rings. The summed E-state index contributed by atoms with van der Waals surface area (Å²) in [5, 5.41) is 2.79. The maximum atomic E-state index is 14.1. The highest BCUT2D eigenvalue weighted by atomic mass is 35.5. The molecule has 0 radical (unpaired) electrons. The zero-order chi connectivity index (χ0) is 14.9. The first kappa shape index (κ1) is 14.8. The molecule has 20 heavy (non-hydrogen) atoms. The van der Waals surface area contributed by atoms with E-state index in [0.29, 0.717) is 12.8 Å². The van der Waals surface area contributed by atoms with Crippen molar-refractivity contribution >= 4 is 29.1 Å². The van der Waals surface area contributed by atoms with Crippen LogP contribution in [0, 0.1) is 5.82 Å². The summed E-state index contributed by atoms with van der Waals surface area (Å²) >= 11 is 6.02. The minimum atomic E-state index is -0.736. The van der Waals surface area contributed by atoms with Crippen LogP contribution in [0.25, 0.3) is 0 Å². The van der Waals surface area contributed by atoms with Gasteiger partial charge in [0.1, 0.15) is 17.9 Å². The molecule has 0 aliphatic carbocycles. The second-order valence-corrected chi connectivity index (χ2v) is 5.08. The average Bonchev–Trinajstić information content (AvgIpc) is 2.42. The molecule has 1 aromatic carbocycles. The SMILES string of the molecule is CCC1NC(=O)C(CC)N(c2c(F)cccc2Cl)C1=O. The molecule has 6 heteroatoms. The molecule has 1 aromatic rings. The summed E-state index contributed by atoms with van der Waals surface area (Å²) in [5.41, 5.74) is -0.0145. The van der Waals surface area contributed by atoms with Crippen LogP contribution in [0.3, 0.4) is 0 Å². The van der Waals surface area contributed by atoms with Gasteiger partial charge in [-0.3, -0.25) is 14.5 Å². The minimum Gasteiger partial charge on any atom is -0.342 e.